The minimum absolute atomic E-state index is 0.143. The summed E-state index contributed by atoms with van der Waals surface area (Å²) in [5, 5.41) is 8.58. The van der Waals surface area contributed by atoms with Gasteiger partial charge in [-0.05, 0) is 13.0 Å². The molecule has 0 saturated heterocycles. The highest BCUT2D eigenvalue weighted by atomic mass is 16.4. The molecule has 0 aliphatic heterocycles. The van der Waals surface area contributed by atoms with Crippen molar-refractivity contribution in [2.75, 3.05) is 0 Å². The van der Waals surface area contributed by atoms with Crippen molar-refractivity contribution in [2.24, 2.45) is 0 Å². The summed E-state index contributed by atoms with van der Waals surface area (Å²) in [5.41, 5.74) is 0.775. The molecule has 3 heteroatoms. The average Bonchev–Trinajstić information content (AvgIpc) is 2.29. The lowest BCUT2D eigenvalue weighted by Gasteiger charge is -1.93. The highest BCUT2D eigenvalue weighted by Gasteiger charge is 1.99. The Morgan fingerprint density at radius 2 is 1.81 bits per heavy atom. The molecular formula is C13H12O3. The van der Waals surface area contributed by atoms with Gasteiger partial charge in [0, 0.05) is 11.1 Å². The summed E-state index contributed by atoms with van der Waals surface area (Å²) in [5.74, 6) is -1.13. The third-order valence-corrected chi connectivity index (χ3v) is 1.99. The van der Waals surface area contributed by atoms with Crippen LogP contribution in [0.1, 0.15) is 17.3 Å². The topological polar surface area (TPSA) is 54.4 Å². The van der Waals surface area contributed by atoms with Crippen LogP contribution in [0.15, 0.2) is 54.1 Å². The number of carboxylic acid groups (broad SMARTS) is 1. The molecule has 0 radical (unpaired) electrons. The van der Waals surface area contributed by atoms with Gasteiger partial charge in [-0.25, -0.2) is 4.79 Å². The quantitative estimate of drug-likeness (QED) is 0.478. The molecular weight excluding hydrogens is 204 g/mol. The Labute approximate surface area is 93.7 Å². The highest BCUT2D eigenvalue weighted by Crippen LogP contribution is 2.01. The molecule has 3 nitrogen and oxygen atoms in total. The molecule has 0 saturated carbocycles. The van der Waals surface area contributed by atoms with E-state index >= 15 is 0 Å². The molecule has 1 aromatic rings. The number of ketones is 1. The van der Waals surface area contributed by atoms with Crippen molar-refractivity contribution >= 4 is 11.8 Å². The van der Waals surface area contributed by atoms with E-state index in [-0.39, 0.29) is 11.4 Å². The molecule has 0 atom stereocenters. The van der Waals surface area contributed by atoms with Crippen LogP contribution in [0.3, 0.4) is 0 Å². The van der Waals surface area contributed by atoms with Gasteiger partial charge in [-0.1, -0.05) is 42.5 Å². The monoisotopic (exact) mass is 216 g/mol. The summed E-state index contributed by atoms with van der Waals surface area (Å²) < 4.78 is 0. The molecule has 0 spiro atoms. The fourth-order valence-corrected chi connectivity index (χ4v) is 1.05. The lowest BCUT2D eigenvalue weighted by atomic mass is 10.1. The Morgan fingerprint density at radius 1 is 1.19 bits per heavy atom. The number of carbonyl (C=O) groups excluding carboxylic acids is 1. The first-order chi connectivity index (χ1) is 7.61. The molecule has 1 aromatic carbocycles. The van der Waals surface area contributed by atoms with E-state index in [1.807, 2.05) is 6.07 Å². The van der Waals surface area contributed by atoms with Gasteiger partial charge < -0.3 is 5.11 Å². The van der Waals surface area contributed by atoms with E-state index < -0.39 is 5.97 Å². The number of carbonyl (C=O) groups is 2. The Kier molecular flexibility index (Phi) is 4.21. The van der Waals surface area contributed by atoms with Crippen LogP contribution in [-0.4, -0.2) is 16.9 Å². The van der Waals surface area contributed by atoms with Crippen LogP contribution in [0.5, 0.6) is 0 Å². The first-order valence-electron chi connectivity index (χ1n) is 4.79. The maximum absolute atomic E-state index is 11.5. The van der Waals surface area contributed by atoms with Crippen molar-refractivity contribution in [3.63, 3.8) is 0 Å². The van der Waals surface area contributed by atoms with E-state index in [0.717, 1.165) is 0 Å². The van der Waals surface area contributed by atoms with Gasteiger partial charge in [0.05, 0.1) is 0 Å². The van der Waals surface area contributed by atoms with Crippen LogP contribution in [-0.2, 0) is 4.79 Å². The number of carboxylic acids is 1. The summed E-state index contributed by atoms with van der Waals surface area (Å²) >= 11 is 0. The molecule has 0 heterocycles. The van der Waals surface area contributed by atoms with Crippen molar-refractivity contribution in [3.05, 3.63) is 59.7 Å². The first kappa shape index (κ1) is 11.9. The summed E-state index contributed by atoms with van der Waals surface area (Å²) in [6.07, 6.45) is 4.18. The summed E-state index contributed by atoms with van der Waals surface area (Å²) in [6, 6.07) is 8.80. The van der Waals surface area contributed by atoms with Gasteiger partial charge in [-0.3, -0.25) is 4.79 Å². The van der Waals surface area contributed by atoms with Crippen LogP contribution in [0, 0.1) is 0 Å². The molecule has 1 N–H and O–H groups in total. The predicted octanol–water partition coefficient (Wildman–Crippen LogP) is 2.46. The maximum Gasteiger partial charge on any atom is 0.331 e. The van der Waals surface area contributed by atoms with Gasteiger partial charge in [0.2, 0.25) is 0 Å². The molecule has 0 unspecified atom stereocenters. The van der Waals surface area contributed by atoms with E-state index in [1.54, 1.807) is 24.3 Å². The fraction of sp³-hybridized carbons (Fsp3) is 0.0769. The number of aliphatic carboxylic acids is 1. The van der Waals surface area contributed by atoms with Gasteiger partial charge in [0.1, 0.15) is 0 Å². The number of rotatable bonds is 4. The molecule has 0 aromatic heterocycles. The van der Waals surface area contributed by atoms with Crippen molar-refractivity contribution in [1.29, 1.82) is 0 Å². The fourth-order valence-electron chi connectivity index (χ4n) is 1.05. The smallest absolute Gasteiger partial charge is 0.331 e. The van der Waals surface area contributed by atoms with Gasteiger partial charge in [0.25, 0.3) is 0 Å². The van der Waals surface area contributed by atoms with Gasteiger partial charge in [0.15, 0.2) is 5.78 Å². The molecule has 0 fully saturated rings. The Hall–Kier alpha value is -2.16. The van der Waals surface area contributed by atoms with Crippen LogP contribution in [0.25, 0.3) is 0 Å². The predicted molar refractivity (Wildman–Crippen MR) is 61.3 cm³/mol. The second-order valence-electron chi connectivity index (χ2n) is 3.24. The van der Waals surface area contributed by atoms with Crippen LogP contribution >= 0.6 is 0 Å². The molecule has 0 aliphatic carbocycles. The molecule has 0 amide bonds. The third kappa shape index (κ3) is 3.53. The molecule has 1 rings (SSSR count). The van der Waals surface area contributed by atoms with Gasteiger partial charge in [-0.2, -0.15) is 0 Å². The van der Waals surface area contributed by atoms with Crippen molar-refractivity contribution in [3.8, 4) is 0 Å². The minimum Gasteiger partial charge on any atom is -0.478 e. The molecule has 0 bridgehead atoms. The zero-order chi connectivity index (χ0) is 12.0. The van der Waals surface area contributed by atoms with E-state index in [4.69, 9.17) is 5.11 Å². The van der Waals surface area contributed by atoms with E-state index in [2.05, 4.69) is 0 Å². The second kappa shape index (κ2) is 5.66. The van der Waals surface area contributed by atoms with E-state index in [1.165, 1.54) is 25.2 Å². The van der Waals surface area contributed by atoms with Crippen LogP contribution < -0.4 is 0 Å². The van der Waals surface area contributed by atoms with E-state index in [0.29, 0.717) is 5.56 Å². The zero-order valence-corrected chi connectivity index (χ0v) is 8.88. The Balaban J connectivity index is 2.70. The Morgan fingerprint density at radius 3 is 2.38 bits per heavy atom. The van der Waals surface area contributed by atoms with Crippen molar-refractivity contribution in [1.82, 2.24) is 0 Å². The number of hydrogen-bond donors (Lipinski definition) is 1. The van der Waals surface area contributed by atoms with Crippen molar-refractivity contribution in [2.45, 2.75) is 6.92 Å². The normalized spacial score (nSPS) is 11.7. The molecule has 16 heavy (non-hydrogen) atoms. The SMILES string of the molecule is CC(=CC=CC(=O)c1ccccc1)C(=O)O. The standard InChI is InChI=1S/C13H12O3/c1-10(13(15)16)6-5-9-12(14)11-7-3-2-4-8-11/h2-9H,1H3,(H,15,16). The number of allylic oxidation sites excluding steroid dienone is 3. The molecule has 82 valence electrons. The second-order valence-corrected chi connectivity index (χ2v) is 3.24. The third-order valence-electron chi connectivity index (χ3n) is 1.99. The minimum atomic E-state index is -0.989. The van der Waals surface area contributed by atoms with Crippen molar-refractivity contribution < 1.29 is 14.7 Å². The summed E-state index contributed by atoms with van der Waals surface area (Å²) in [6.45, 7) is 1.47. The lowest BCUT2D eigenvalue weighted by Crippen LogP contribution is -1.95. The maximum atomic E-state index is 11.5. The lowest BCUT2D eigenvalue weighted by molar-refractivity contribution is -0.132. The number of hydrogen-bond acceptors (Lipinski definition) is 2. The Bertz CT molecular complexity index is 442. The summed E-state index contributed by atoms with van der Waals surface area (Å²) in [4.78, 5) is 22.0. The van der Waals surface area contributed by atoms with Crippen LogP contribution in [0.2, 0.25) is 0 Å². The highest BCUT2D eigenvalue weighted by molar-refractivity contribution is 6.04. The number of benzene rings is 1. The average molecular weight is 216 g/mol. The van der Waals surface area contributed by atoms with Gasteiger partial charge in [-0.15, -0.1) is 0 Å². The largest absolute Gasteiger partial charge is 0.478 e. The van der Waals surface area contributed by atoms with Crippen LogP contribution in [0.4, 0.5) is 0 Å². The zero-order valence-electron chi connectivity index (χ0n) is 8.88. The van der Waals surface area contributed by atoms with Gasteiger partial charge >= 0.3 is 5.97 Å². The summed E-state index contributed by atoms with van der Waals surface area (Å²) in [7, 11) is 0. The first-order valence-corrected chi connectivity index (χ1v) is 4.79. The van der Waals surface area contributed by atoms with E-state index in [9.17, 15) is 9.59 Å². The molecule has 0 aliphatic rings.